The SMILES string of the molecule is Cc1ccc(OCC(=O)Nc2cc(F)ccc2F)c([N+](=O)[O-])c1. The van der Waals surface area contributed by atoms with E-state index in [2.05, 4.69) is 5.32 Å². The number of carbonyl (C=O) groups is 1. The maximum Gasteiger partial charge on any atom is 0.311 e. The van der Waals surface area contributed by atoms with Gasteiger partial charge in [-0.15, -0.1) is 0 Å². The van der Waals surface area contributed by atoms with Crippen molar-refractivity contribution < 1.29 is 23.2 Å². The average Bonchev–Trinajstić information content (AvgIpc) is 2.49. The van der Waals surface area contributed by atoms with Gasteiger partial charge >= 0.3 is 5.69 Å². The zero-order chi connectivity index (χ0) is 17.0. The lowest BCUT2D eigenvalue weighted by molar-refractivity contribution is -0.385. The predicted molar refractivity (Wildman–Crippen MR) is 78.3 cm³/mol. The molecule has 0 unspecified atom stereocenters. The first kappa shape index (κ1) is 16.3. The molecule has 1 amide bonds. The number of hydrogen-bond donors (Lipinski definition) is 1. The highest BCUT2D eigenvalue weighted by Crippen LogP contribution is 2.27. The molecule has 120 valence electrons. The minimum atomic E-state index is -0.805. The van der Waals surface area contributed by atoms with Crippen molar-refractivity contribution in [3.8, 4) is 5.75 Å². The lowest BCUT2D eigenvalue weighted by Gasteiger charge is -2.09. The van der Waals surface area contributed by atoms with Gasteiger partial charge in [-0.1, -0.05) is 6.07 Å². The number of nitro groups is 1. The number of carbonyl (C=O) groups excluding carboxylic acids is 1. The van der Waals surface area contributed by atoms with Crippen molar-refractivity contribution in [1.29, 1.82) is 0 Å². The van der Waals surface area contributed by atoms with Crippen molar-refractivity contribution in [2.75, 3.05) is 11.9 Å². The summed E-state index contributed by atoms with van der Waals surface area (Å²) < 4.78 is 31.5. The summed E-state index contributed by atoms with van der Waals surface area (Å²) in [6, 6.07) is 6.87. The van der Waals surface area contributed by atoms with E-state index < -0.39 is 29.1 Å². The molecule has 2 aromatic carbocycles. The van der Waals surface area contributed by atoms with Crippen LogP contribution in [0, 0.1) is 28.7 Å². The van der Waals surface area contributed by atoms with Crippen molar-refractivity contribution in [1.82, 2.24) is 0 Å². The highest BCUT2D eigenvalue weighted by molar-refractivity contribution is 5.92. The summed E-state index contributed by atoms with van der Waals surface area (Å²) in [6.07, 6.45) is 0. The van der Waals surface area contributed by atoms with Crippen LogP contribution in [0.25, 0.3) is 0 Å². The molecule has 0 heterocycles. The number of halogens is 2. The lowest BCUT2D eigenvalue weighted by atomic mass is 10.2. The van der Waals surface area contributed by atoms with Gasteiger partial charge in [0.1, 0.15) is 11.6 Å². The molecule has 0 aromatic heterocycles. The molecule has 6 nitrogen and oxygen atoms in total. The number of anilines is 1. The Labute approximate surface area is 129 Å². The van der Waals surface area contributed by atoms with Crippen LogP contribution in [0.15, 0.2) is 36.4 Å². The van der Waals surface area contributed by atoms with Gasteiger partial charge in [-0.3, -0.25) is 14.9 Å². The smallest absolute Gasteiger partial charge is 0.311 e. The molecular weight excluding hydrogens is 310 g/mol. The van der Waals surface area contributed by atoms with Gasteiger partial charge in [0.25, 0.3) is 5.91 Å². The Morgan fingerprint density at radius 2 is 2.00 bits per heavy atom. The second-order valence-corrected chi connectivity index (χ2v) is 4.69. The highest BCUT2D eigenvalue weighted by Gasteiger charge is 2.16. The summed E-state index contributed by atoms with van der Waals surface area (Å²) >= 11 is 0. The molecule has 0 radical (unpaired) electrons. The van der Waals surface area contributed by atoms with E-state index in [0.717, 1.165) is 18.2 Å². The summed E-state index contributed by atoms with van der Waals surface area (Å²) in [5, 5.41) is 13.1. The first-order valence-electron chi connectivity index (χ1n) is 6.49. The Morgan fingerprint density at radius 3 is 2.70 bits per heavy atom. The summed E-state index contributed by atoms with van der Waals surface area (Å²) in [4.78, 5) is 22.0. The summed E-state index contributed by atoms with van der Waals surface area (Å²) in [5.74, 6) is -2.38. The number of benzene rings is 2. The van der Waals surface area contributed by atoms with E-state index in [4.69, 9.17) is 4.74 Å². The topological polar surface area (TPSA) is 81.5 Å². The molecule has 0 saturated heterocycles. The number of ether oxygens (including phenoxy) is 1. The molecule has 2 aromatic rings. The quantitative estimate of drug-likeness (QED) is 0.677. The molecule has 23 heavy (non-hydrogen) atoms. The Balaban J connectivity index is 2.05. The van der Waals surface area contributed by atoms with Crippen LogP contribution in [0.1, 0.15) is 5.56 Å². The number of nitro benzene ring substituents is 1. The molecule has 8 heteroatoms. The molecule has 0 saturated carbocycles. The normalized spacial score (nSPS) is 10.2. The van der Waals surface area contributed by atoms with Crippen LogP contribution in [0.3, 0.4) is 0 Å². The first-order chi connectivity index (χ1) is 10.9. The van der Waals surface area contributed by atoms with E-state index in [1.807, 2.05) is 0 Å². The molecule has 1 N–H and O–H groups in total. The number of aryl methyl sites for hydroxylation is 1. The van der Waals surface area contributed by atoms with Crippen molar-refractivity contribution in [3.63, 3.8) is 0 Å². The molecule has 0 aliphatic rings. The standard InChI is InChI=1S/C15H12F2N2O4/c1-9-2-5-14(13(6-9)19(21)22)23-8-15(20)18-12-7-10(16)3-4-11(12)17/h2-7H,8H2,1H3,(H,18,20). The Bertz CT molecular complexity index is 765. The Kier molecular flexibility index (Phi) is 4.85. The third-order valence-electron chi connectivity index (χ3n) is 2.87. The Hall–Kier alpha value is -3.03. The zero-order valence-corrected chi connectivity index (χ0v) is 12.0. The number of rotatable bonds is 5. The summed E-state index contributed by atoms with van der Waals surface area (Å²) in [7, 11) is 0. The molecular formula is C15H12F2N2O4. The number of amides is 1. The molecule has 0 spiro atoms. The van der Waals surface area contributed by atoms with Crippen LogP contribution >= 0.6 is 0 Å². The number of nitrogens with zero attached hydrogens (tertiary/aromatic N) is 1. The van der Waals surface area contributed by atoms with Crippen LogP contribution in [0.2, 0.25) is 0 Å². The fourth-order valence-corrected chi connectivity index (χ4v) is 1.82. The van der Waals surface area contributed by atoms with Crippen molar-refractivity contribution in [2.24, 2.45) is 0 Å². The van der Waals surface area contributed by atoms with E-state index >= 15 is 0 Å². The van der Waals surface area contributed by atoms with Crippen molar-refractivity contribution in [3.05, 3.63) is 63.7 Å². The van der Waals surface area contributed by atoms with E-state index in [9.17, 15) is 23.7 Å². The molecule has 0 aliphatic carbocycles. The fraction of sp³-hybridized carbons (Fsp3) is 0.133. The minimum Gasteiger partial charge on any atom is -0.477 e. The largest absolute Gasteiger partial charge is 0.477 e. The first-order valence-corrected chi connectivity index (χ1v) is 6.49. The van der Waals surface area contributed by atoms with Gasteiger partial charge in [-0.25, -0.2) is 8.78 Å². The van der Waals surface area contributed by atoms with Crippen molar-refractivity contribution >= 4 is 17.3 Å². The van der Waals surface area contributed by atoms with Gasteiger partial charge in [0.15, 0.2) is 12.4 Å². The maximum absolute atomic E-state index is 13.4. The van der Waals surface area contributed by atoms with Gasteiger partial charge in [-0.05, 0) is 30.7 Å². The number of nitrogens with one attached hydrogen (secondary N) is 1. The molecule has 0 atom stereocenters. The third kappa shape index (κ3) is 4.22. The average molecular weight is 322 g/mol. The van der Waals surface area contributed by atoms with E-state index in [1.165, 1.54) is 12.1 Å². The zero-order valence-electron chi connectivity index (χ0n) is 12.0. The van der Waals surface area contributed by atoms with E-state index in [-0.39, 0.29) is 17.1 Å². The predicted octanol–water partition coefficient (Wildman–Crippen LogP) is 3.20. The second-order valence-electron chi connectivity index (χ2n) is 4.69. The maximum atomic E-state index is 13.4. The molecule has 0 fully saturated rings. The number of hydrogen-bond acceptors (Lipinski definition) is 4. The van der Waals surface area contributed by atoms with Crippen molar-refractivity contribution in [2.45, 2.75) is 6.92 Å². The van der Waals surface area contributed by atoms with Gasteiger partial charge in [-0.2, -0.15) is 0 Å². The summed E-state index contributed by atoms with van der Waals surface area (Å²) in [5.41, 5.74) is 0.0436. The monoisotopic (exact) mass is 322 g/mol. The van der Waals surface area contributed by atoms with E-state index in [0.29, 0.717) is 5.56 Å². The van der Waals surface area contributed by atoms with Gasteiger partial charge < -0.3 is 10.1 Å². The fourth-order valence-electron chi connectivity index (χ4n) is 1.82. The van der Waals surface area contributed by atoms with Gasteiger partial charge in [0.05, 0.1) is 10.6 Å². The van der Waals surface area contributed by atoms with Crippen LogP contribution in [-0.4, -0.2) is 17.4 Å². The molecule has 0 aliphatic heterocycles. The van der Waals surface area contributed by atoms with Crippen LogP contribution < -0.4 is 10.1 Å². The molecule has 2 rings (SSSR count). The lowest BCUT2D eigenvalue weighted by Crippen LogP contribution is -2.21. The highest BCUT2D eigenvalue weighted by atomic mass is 19.1. The Morgan fingerprint density at radius 1 is 1.26 bits per heavy atom. The van der Waals surface area contributed by atoms with E-state index in [1.54, 1.807) is 13.0 Å². The minimum absolute atomic E-state index is 0.0875. The second kappa shape index (κ2) is 6.82. The van der Waals surface area contributed by atoms with Crippen LogP contribution in [0.5, 0.6) is 5.75 Å². The van der Waals surface area contributed by atoms with Gasteiger partial charge in [0.2, 0.25) is 0 Å². The molecule has 0 bridgehead atoms. The van der Waals surface area contributed by atoms with Gasteiger partial charge in [0, 0.05) is 12.1 Å². The third-order valence-corrected chi connectivity index (χ3v) is 2.87. The van der Waals surface area contributed by atoms with Crippen LogP contribution in [0.4, 0.5) is 20.2 Å². The van der Waals surface area contributed by atoms with Crippen LogP contribution in [-0.2, 0) is 4.79 Å². The summed E-state index contributed by atoms with van der Waals surface area (Å²) in [6.45, 7) is 1.09.